The van der Waals surface area contributed by atoms with E-state index in [0.29, 0.717) is 6.54 Å². The summed E-state index contributed by atoms with van der Waals surface area (Å²) in [5.74, 6) is 0. The van der Waals surface area contributed by atoms with Crippen molar-refractivity contribution < 1.29 is 26.7 Å². The second-order valence-electron chi connectivity index (χ2n) is 3.98. The third kappa shape index (κ3) is 6.23. The number of aliphatic hydroxyl groups is 1. The Kier molecular flexibility index (Phi) is 9.54. The van der Waals surface area contributed by atoms with Gasteiger partial charge in [-0.25, -0.2) is 4.57 Å². The Balaban J connectivity index is 0.00000225. The molecule has 3 heteroatoms. The van der Waals surface area contributed by atoms with E-state index in [2.05, 4.69) is 29.8 Å². The minimum Gasteiger partial charge on any atom is -1.00 e. The van der Waals surface area contributed by atoms with E-state index in [-0.39, 0.29) is 23.6 Å². The fourth-order valence-electron chi connectivity index (χ4n) is 1.73. The molecule has 0 saturated heterocycles. The molecule has 0 atom stereocenters. The van der Waals surface area contributed by atoms with Crippen molar-refractivity contribution in [3.05, 3.63) is 30.1 Å². The van der Waals surface area contributed by atoms with Gasteiger partial charge in [0.15, 0.2) is 18.9 Å². The lowest BCUT2D eigenvalue weighted by atomic mass is 10.1. The normalized spacial score (nSPS) is 9.88. The lowest BCUT2D eigenvalue weighted by Gasteiger charge is -2.00. The zero-order chi connectivity index (χ0) is 10.9. The highest BCUT2D eigenvalue weighted by Crippen LogP contribution is 2.05. The van der Waals surface area contributed by atoms with Crippen molar-refractivity contribution in [1.29, 1.82) is 0 Å². The lowest BCUT2D eigenvalue weighted by Crippen LogP contribution is -3.00. The van der Waals surface area contributed by atoms with Crippen LogP contribution in [0.5, 0.6) is 0 Å². The van der Waals surface area contributed by atoms with Crippen LogP contribution in [0.1, 0.15) is 38.2 Å². The summed E-state index contributed by atoms with van der Waals surface area (Å²) in [6, 6.07) is 4.23. The molecule has 0 aliphatic rings. The van der Waals surface area contributed by atoms with E-state index in [4.69, 9.17) is 5.11 Å². The predicted molar refractivity (Wildman–Crippen MR) is 61.6 cm³/mol. The van der Waals surface area contributed by atoms with Crippen LogP contribution in [0.15, 0.2) is 24.5 Å². The Bertz CT molecular complexity index is 278. The van der Waals surface area contributed by atoms with Gasteiger partial charge in [0.1, 0.15) is 6.61 Å². The van der Waals surface area contributed by atoms with E-state index in [1.807, 2.05) is 6.20 Å². The molecule has 0 spiro atoms. The number of halogens is 1. The van der Waals surface area contributed by atoms with Crippen LogP contribution in [0, 0.1) is 0 Å². The summed E-state index contributed by atoms with van der Waals surface area (Å²) in [6.45, 7) is 3.14. The highest BCUT2D eigenvalue weighted by Gasteiger charge is 2.01. The molecular formula is C13H22BrNO. The van der Waals surface area contributed by atoms with Crippen molar-refractivity contribution in [2.75, 3.05) is 6.61 Å². The van der Waals surface area contributed by atoms with Crippen molar-refractivity contribution >= 4 is 0 Å². The molecular weight excluding hydrogens is 266 g/mol. The van der Waals surface area contributed by atoms with Crippen molar-refractivity contribution in [1.82, 2.24) is 0 Å². The Labute approximate surface area is 109 Å². The maximum Gasteiger partial charge on any atom is 0.172 e. The van der Waals surface area contributed by atoms with Gasteiger partial charge < -0.3 is 22.1 Å². The monoisotopic (exact) mass is 287 g/mol. The van der Waals surface area contributed by atoms with Crippen LogP contribution >= 0.6 is 0 Å². The number of hydrogen-bond acceptors (Lipinski definition) is 1. The second-order valence-corrected chi connectivity index (χ2v) is 3.98. The molecule has 0 radical (unpaired) electrons. The van der Waals surface area contributed by atoms with Crippen molar-refractivity contribution in [2.45, 2.75) is 45.6 Å². The summed E-state index contributed by atoms with van der Waals surface area (Å²) in [7, 11) is 0. The first-order chi connectivity index (χ1) is 7.36. The highest BCUT2D eigenvalue weighted by molar-refractivity contribution is 5.05. The largest absolute Gasteiger partial charge is 1.00 e. The fraction of sp³-hybridized carbons (Fsp3) is 0.615. The molecule has 0 bridgehead atoms. The van der Waals surface area contributed by atoms with E-state index in [9.17, 15) is 0 Å². The molecule has 0 aromatic carbocycles. The quantitative estimate of drug-likeness (QED) is 0.510. The number of rotatable bonds is 7. The van der Waals surface area contributed by atoms with Crippen LogP contribution in [0.2, 0.25) is 0 Å². The number of aliphatic hydroxyl groups excluding tert-OH is 1. The molecule has 0 saturated carbocycles. The summed E-state index contributed by atoms with van der Waals surface area (Å²) in [5.41, 5.74) is 1.38. The molecule has 1 N–H and O–H groups in total. The summed E-state index contributed by atoms with van der Waals surface area (Å²) in [4.78, 5) is 0. The molecule has 92 valence electrons. The van der Waals surface area contributed by atoms with Gasteiger partial charge in [-0.05, 0) is 18.9 Å². The number of aryl methyl sites for hydroxylation is 1. The fourth-order valence-corrected chi connectivity index (χ4v) is 1.73. The van der Waals surface area contributed by atoms with Gasteiger partial charge >= 0.3 is 0 Å². The Morgan fingerprint density at radius 2 is 2.06 bits per heavy atom. The van der Waals surface area contributed by atoms with Crippen molar-refractivity contribution in [3.8, 4) is 0 Å². The maximum atomic E-state index is 8.84. The number of hydrogen-bond donors (Lipinski definition) is 1. The van der Waals surface area contributed by atoms with Gasteiger partial charge in [0.2, 0.25) is 0 Å². The van der Waals surface area contributed by atoms with Gasteiger partial charge in [-0.3, -0.25) is 0 Å². The first kappa shape index (κ1) is 15.6. The molecule has 2 nitrogen and oxygen atoms in total. The third-order valence-corrected chi connectivity index (χ3v) is 2.60. The molecule has 16 heavy (non-hydrogen) atoms. The van der Waals surface area contributed by atoms with E-state index < -0.39 is 0 Å². The van der Waals surface area contributed by atoms with Crippen molar-refractivity contribution in [2.24, 2.45) is 0 Å². The maximum absolute atomic E-state index is 8.84. The molecule has 1 aromatic heterocycles. The topological polar surface area (TPSA) is 24.1 Å². The van der Waals surface area contributed by atoms with Crippen LogP contribution in [-0.2, 0) is 13.0 Å². The Morgan fingerprint density at radius 3 is 2.75 bits per heavy atom. The Hall–Kier alpha value is -0.410. The molecule has 0 aliphatic carbocycles. The zero-order valence-electron chi connectivity index (χ0n) is 10.0. The minimum atomic E-state index is 0. The first-order valence-electron chi connectivity index (χ1n) is 5.95. The molecule has 0 fully saturated rings. The predicted octanol–water partition coefficient (Wildman–Crippen LogP) is -0.907. The van der Waals surface area contributed by atoms with Gasteiger partial charge in [0.05, 0.1) is 0 Å². The Morgan fingerprint density at radius 1 is 1.25 bits per heavy atom. The highest BCUT2D eigenvalue weighted by atomic mass is 79.9. The van der Waals surface area contributed by atoms with E-state index in [1.165, 1.54) is 31.2 Å². The zero-order valence-corrected chi connectivity index (χ0v) is 11.6. The number of aromatic nitrogens is 1. The number of pyridine rings is 1. The van der Waals surface area contributed by atoms with Crippen molar-refractivity contribution in [3.63, 3.8) is 0 Å². The van der Waals surface area contributed by atoms with E-state index >= 15 is 0 Å². The molecule has 1 rings (SSSR count). The molecule has 0 unspecified atom stereocenters. The number of nitrogens with zero attached hydrogens (tertiary/aromatic N) is 1. The summed E-state index contributed by atoms with van der Waals surface area (Å²) in [5, 5.41) is 8.84. The first-order valence-corrected chi connectivity index (χ1v) is 5.95. The standard InChI is InChI=1S/C13H22NO.BrH/c1-2-3-4-5-7-13-8-6-9-14(12-13)10-11-15;/h6,8-9,12,15H,2-5,7,10-11H2,1H3;1H/q+1;/p-1. The van der Waals surface area contributed by atoms with Gasteiger partial charge in [0.25, 0.3) is 0 Å². The summed E-state index contributed by atoms with van der Waals surface area (Å²) >= 11 is 0. The van der Waals surface area contributed by atoms with Crippen LogP contribution in [0.4, 0.5) is 0 Å². The second kappa shape index (κ2) is 9.79. The van der Waals surface area contributed by atoms with Crippen LogP contribution in [0.3, 0.4) is 0 Å². The molecule has 0 amide bonds. The van der Waals surface area contributed by atoms with Gasteiger partial charge in [-0.1, -0.05) is 26.2 Å². The molecule has 0 aliphatic heterocycles. The summed E-state index contributed by atoms with van der Waals surface area (Å²) in [6.07, 6.45) is 10.5. The molecule has 1 aromatic rings. The van der Waals surface area contributed by atoms with E-state index in [1.54, 1.807) is 0 Å². The lowest BCUT2D eigenvalue weighted by molar-refractivity contribution is -0.698. The average molecular weight is 288 g/mol. The van der Waals surface area contributed by atoms with Gasteiger partial charge in [0, 0.05) is 11.6 Å². The summed E-state index contributed by atoms with van der Waals surface area (Å²) < 4.78 is 2.05. The molecule has 1 heterocycles. The number of unbranched alkanes of at least 4 members (excludes halogenated alkanes) is 3. The smallest absolute Gasteiger partial charge is 0.172 e. The van der Waals surface area contributed by atoms with Crippen LogP contribution < -0.4 is 21.5 Å². The van der Waals surface area contributed by atoms with Gasteiger partial charge in [-0.15, -0.1) is 0 Å². The minimum absolute atomic E-state index is 0. The third-order valence-electron chi connectivity index (χ3n) is 2.60. The van der Waals surface area contributed by atoms with Crippen LogP contribution in [0.25, 0.3) is 0 Å². The van der Waals surface area contributed by atoms with Crippen LogP contribution in [-0.4, -0.2) is 11.7 Å². The van der Waals surface area contributed by atoms with E-state index in [0.717, 1.165) is 6.42 Å². The van der Waals surface area contributed by atoms with Gasteiger partial charge in [-0.2, -0.15) is 0 Å². The SMILES string of the molecule is CCCCCCc1ccc[n+](CCO)c1.[Br-]. The average Bonchev–Trinajstić information content (AvgIpc) is 2.26.